The molecule has 4 nitrogen and oxygen atoms in total. The van der Waals surface area contributed by atoms with Crippen LogP contribution in [0.25, 0.3) is 0 Å². The molecule has 0 spiro atoms. The van der Waals surface area contributed by atoms with Crippen molar-refractivity contribution in [1.82, 2.24) is 0 Å². The third-order valence-corrected chi connectivity index (χ3v) is 0. The van der Waals surface area contributed by atoms with Gasteiger partial charge in [0.15, 0.2) is 0 Å². The summed E-state index contributed by atoms with van der Waals surface area (Å²) in [7, 11) is -5.39. The van der Waals surface area contributed by atoms with E-state index in [1.807, 2.05) is 0 Å². The maximum atomic E-state index is 8.55. The van der Waals surface area contributed by atoms with Gasteiger partial charge in [-0.2, -0.15) is 7.82 Å². The summed E-state index contributed by atoms with van der Waals surface area (Å²) >= 11 is 0. The van der Waals surface area contributed by atoms with E-state index in [-0.39, 0.29) is 127 Å². The molecular weight excluding hydrogens is 214 g/mol. The van der Waals surface area contributed by atoms with Gasteiger partial charge in [-0.3, -0.25) is 0 Å². The molecular formula is Ca2KO4P+2. The van der Waals surface area contributed by atoms with Crippen molar-refractivity contribution < 1.29 is 70.6 Å². The smallest absolute Gasteiger partial charge is 0.822 e. The Bertz CT molecular complexity index is 60.2. The van der Waals surface area contributed by atoms with E-state index in [4.69, 9.17) is 19.2 Å². The molecule has 0 aromatic rings. The molecule has 0 aliphatic carbocycles. The second-order valence-electron chi connectivity index (χ2n) is 0.447. The van der Waals surface area contributed by atoms with Crippen molar-refractivity contribution in [2.75, 3.05) is 0 Å². The first-order chi connectivity index (χ1) is 2.00. The molecule has 0 atom stereocenters. The Hall–Kier alpha value is 4.27. The van der Waals surface area contributed by atoms with Crippen LogP contribution in [-0.4, -0.2) is 75.5 Å². The van der Waals surface area contributed by atoms with Crippen LogP contribution in [0.3, 0.4) is 0 Å². The molecule has 0 aliphatic heterocycles. The zero-order chi connectivity index (χ0) is 4.50. The van der Waals surface area contributed by atoms with E-state index >= 15 is 0 Å². The molecule has 0 aliphatic rings. The summed E-state index contributed by atoms with van der Waals surface area (Å²) in [5.41, 5.74) is 0. The van der Waals surface area contributed by atoms with E-state index in [1.165, 1.54) is 0 Å². The number of hydrogen-bond donors (Lipinski definition) is 0. The van der Waals surface area contributed by atoms with E-state index in [2.05, 4.69) is 0 Å². The summed E-state index contributed by atoms with van der Waals surface area (Å²) < 4.78 is 8.55. The van der Waals surface area contributed by atoms with Crippen molar-refractivity contribution >= 4 is 83.3 Å². The van der Waals surface area contributed by atoms with E-state index < -0.39 is 7.82 Å². The van der Waals surface area contributed by atoms with E-state index in [0.29, 0.717) is 0 Å². The standard InChI is InChI=1S/2Ca.K.H3O4P/c;;;1-5(2,3)4/h;;;(H3,1,2,3,4)/q2*+2;+1;/p-3. The molecule has 0 radical (unpaired) electrons. The van der Waals surface area contributed by atoms with Gasteiger partial charge in [-0.15, -0.1) is 0 Å². The summed E-state index contributed by atoms with van der Waals surface area (Å²) in [4.78, 5) is 25.6. The first-order valence-corrected chi connectivity index (χ1v) is 2.19. The quantitative estimate of drug-likeness (QED) is 0.296. The van der Waals surface area contributed by atoms with Crippen LogP contribution < -0.4 is 66.1 Å². The van der Waals surface area contributed by atoms with Crippen LogP contribution in [0.1, 0.15) is 0 Å². The second kappa shape index (κ2) is 11.3. The molecule has 0 unspecified atom stereocenters. The van der Waals surface area contributed by atoms with Crippen LogP contribution in [0, 0.1) is 0 Å². The SMILES string of the molecule is O=P([O-])([O-])[O-].[Ca+2].[Ca+2].[K+]. The first kappa shape index (κ1) is 22.8. The Kier molecular flexibility index (Phi) is 32.1. The minimum absolute atomic E-state index is 0. The van der Waals surface area contributed by atoms with Crippen molar-refractivity contribution in [2.24, 2.45) is 0 Å². The molecule has 0 heterocycles. The molecule has 0 saturated carbocycles. The van der Waals surface area contributed by atoms with E-state index in [0.717, 1.165) is 0 Å². The van der Waals surface area contributed by atoms with E-state index in [1.54, 1.807) is 0 Å². The number of hydrogen-bond acceptors (Lipinski definition) is 4. The zero-order valence-corrected chi connectivity index (χ0v) is 12.9. The molecule has 0 bridgehead atoms. The molecule has 0 fully saturated rings. The largest absolute Gasteiger partial charge is 2.00 e. The topological polar surface area (TPSA) is 86.2 Å². The molecule has 8 heavy (non-hydrogen) atoms. The predicted octanol–water partition coefficient (Wildman–Crippen LogP) is -6.58. The summed E-state index contributed by atoms with van der Waals surface area (Å²) in [6.07, 6.45) is 0. The van der Waals surface area contributed by atoms with E-state index in [9.17, 15) is 0 Å². The average molecular weight is 214 g/mol. The molecule has 0 aromatic heterocycles. The van der Waals surface area contributed by atoms with Crippen LogP contribution in [0.15, 0.2) is 0 Å². The summed E-state index contributed by atoms with van der Waals surface area (Å²) in [5, 5.41) is 0. The Morgan fingerprint density at radius 1 is 1.00 bits per heavy atom. The Morgan fingerprint density at radius 2 is 1.00 bits per heavy atom. The first-order valence-electron chi connectivity index (χ1n) is 0.730. The fourth-order valence-electron chi connectivity index (χ4n) is 0. The molecule has 8 heteroatoms. The van der Waals surface area contributed by atoms with Crippen LogP contribution in [0.4, 0.5) is 0 Å². The van der Waals surface area contributed by atoms with Gasteiger partial charge < -0.3 is 19.2 Å². The van der Waals surface area contributed by atoms with Gasteiger partial charge in [0.25, 0.3) is 0 Å². The minimum Gasteiger partial charge on any atom is -0.822 e. The van der Waals surface area contributed by atoms with Crippen LogP contribution in [0.2, 0.25) is 0 Å². The summed E-state index contributed by atoms with van der Waals surface area (Å²) in [5.74, 6) is 0. The maximum Gasteiger partial charge on any atom is 2.00 e. The van der Waals surface area contributed by atoms with Crippen molar-refractivity contribution in [1.29, 1.82) is 0 Å². The average Bonchev–Trinajstić information content (AvgIpc) is 0.722. The van der Waals surface area contributed by atoms with Gasteiger partial charge in [-0.25, -0.2) is 0 Å². The van der Waals surface area contributed by atoms with Gasteiger partial charge >= 0.3 is 127 Å². The van der Waals surface area contributed by atoms with Gasteiger partial charge in [0.05, 0.1) is 0 Å². The normalized spacial score (nSPS) is 7.38. The number of rotatable bonds is 0. The van der Waals surface area contributed by atoms with Gasteiger partial charge in [-0.1, -0.05) is 0 Å². The minimum atomic E-state index is -5.39. The second-order valence-corrected chi connectivity index (χ2v) is 1.34. The van der Waals surface area contributed by atoms with Crippen LogP contribution >= 0.6 is 7.82 Å². The monoisotopic (exact) mass is 214 g/mol. The molecule has 0 amide bonds. The fraction of sp³-hybridized carbons (Fsp3) is 0. The van der Waals surface area contributed by atoms with Gasteiger partial charge in [0, 0.05) is 0 Å². The van der Waals surface area contributed by atoms with Crippen LogP contribution in [-0.2, 0) is 4.57 Å². The molecule has 0 N–H and O–H groups in total. The zero-order valence-electron chi connectivity index (χ0n) is 4.49. The third kappa shape index (κ3) is 48.4. The van der Waals surface area contributed by atoms with Crippen molar-refractivity contribution in [2.45, 2.75) is 0 Å². The summed E-state index contributed by atoms with van der Waals surface area (Å²) in [6.45, 7) is 0. The molecule has 0 rings (SSSR count). The van der Waals surface area contributed by atoms with Gasteiger partial charge in [0.2, 0.25) is 0 Å². The Morgan fingerprint density at radius 3 is 1.00 bits per heavy atom. The Balaban J connectivity index is -0.0000000267. The number of phosphoric acid groups is 1. The summed E-state index contributed by atoms with van der Waals surface area (Å²) in [6, 6.07) is 0. The molecule has 0 saturated heterocycles. The van der Waals surface area contributed by atoms with Crippen molar-refractivity contribution in [3.63, 3.8) is 0 Å². The fourth-order valence-corrected chi connectivity index (χ4v) is 0. The maximum absolute atomic E-state index is 8.55. The van der Waals surface area contributed by atoms with Gasteiger partial charge in [-0.05, 0) is 0 Å². The van der Waals surface area contributed by atoms with Gasteiger partial charge in [0.1, 0.15) is 0 Å². The van der Waals surface area contributed by atoms with Crippen molar-refractivity contribution in [3.05, 3.63) is 0 Å². The predicted molar refractivity (Wildman–Crippen MR) is 19.1 cm³/mol. The Labute approximate surface area is 149 Å². The van der Waals surface area contributed by atoms with Crippen molar-refractivity contribution in [3.8, 4) is 0 Å². The molecule has 32 valence electrons. The third-order valence-electron chi connectivity index (χ3n) is 0. The van der Waals surface area contributed by atoms with Crippen LogP contribution in [0.5, 0.6) is 0 Å². The molecule has 0 aromatic carbocycles.